The quantitative estimate of drug-likeness (QED) is 0.520. The van der Waals surface area contributed by atoms with Gasteiger partial charge in [0.15, 0.2) is 0 Å². The van der Waals surface area contributed by atoms with Gasteiger partial charge >= 0.3 is 0 Å². The van der Waals surface area contributed by atoms with Crippen molar-refractivity contribution >= 4 is 21.8 Å². The molecule has 0 spiro atoms. The van der Waals surface area contributed by atoms with E-state index in [9.17, 15) is 9.90 Å². The molecule has 3 saturated carbocycles. The van der Waals surface area contributed by atoms with Crippen LogP contribution in [0.5, 0.6) is 0 Å². The van der Waals surface area contributed by atoms with Gasteiger partial charge in [0.2, 0.25) is 5.91 Å². The maximum Gasteiger partial charge on any atom is 0.238 e. The average molecular weight is 439 g/mol. The second-order valence-electron chi connectivity index (χ2n) is 9.40. The van der Waals surface area contributed by atoms with Gasteiger partial charge in [-0.2, -0.15) is 0 Å². The molecule has 0 aromatic rings. The van der Waals surface area contributed by atoms with Gasteiger partial charge in [0.25, 0.3) is 0 Å². The van der Waals surface area contributed by atoms with Crippen molar-refractivity contribution in [1.29, 1.82) is 0 Å². The van der Waals surface area contributed by atoms with E-state index in [0.29, 0.717) is 24.9 Å². The summed E-state index contributed by atoms with van der Waals surface area (Å²) in [5.74, 6) is 1.05. The summed E-state index contributed by atoms with van der Waals surface area (Å²) in [6.07, 6.45) is 4.15. The molecule has 0 aromatic carbocycles. The minimum atomic E-state index is -0.703. The van der Waals surface area contributed by atoms with E-state index in [1.807, 2.05) is 13.0 Å². The fourth-order valence-electron chi connectivity index (χ4n) is 5.47. The van der Waals surface area contributed by atoms with E-state index >= 15 is 0 Å². The Morgan fingerprint density at radius 2 is 2.15 bits per heavy atom. The van der Waals surface area contributed by atoms with E-state index in [1.54, 1.807) is 0 Å². The summed E-state index contributed by atoms with van der Waals surface area (Å²) in [4.78, 5) is 14.4. The number of halogens is 1. The van der Waals surface area contributed by atoms with Gasteiger partial charge in [-0.05, 0) is 43.1 Å². The molecule has 1 amide bonds. The van der Waals surface area contributed by atoms with Crippen molar-refractivity contribution in [3.05, 3.63) is 22.0 Å². The first kappa shape index (κ1) is 19.4. The Kier molecular flexibility index (Phi) is 4.94. The maximum absolute atomic E-state index is 12.3. The summed E-state index contributed by atoms with van der Waals surface area (Å²) >= 11 is 3.68. The number of nitrogens with one attached hydrogen (secondary N) is 3. The van der Waals surface area contributed by atoms with Crippen molar-refractivity contribution in [2.24, 2.45) is 17.3 Å². The number of carbonyl (C=O) groups is 1. The predicted molar refractivity (Wildman–Crippen MR) is 109 cm³/mol. The van der Waals surface area contributed by atoms with Gasteiger partial charge in [-0.1, -0.05) is 29.8 Å². The number of fused-ring (bicyclic) bond motifs is 2. The molecule has 2 bridgehead atoms. The zero-order valence-electron chi connectivity index (χ0n) is 16.4. The van der Waals surface area contributed by atoms with Crippen LogP contribution in [0.15, 0.2) is 22.0 Å². The zero-order chi connectivity index (χ0) is 19.4. The van der Waals surface area contributed by atoms with E-state index in [2.05, 4.69) is 50.6 Å². The van der Waals surface area contributed by atoms with Gasteiger partial charge in [0, 0.05) is 42.1 Å². The Morgan fingerprint density at radius 3 is 2.78 bits per heavy atom. The van der Waals surface area contributed by atoms with Crippen molar-refractivity contribution in [2.75, 3.05) is 32.7 Å². The lowest BCUT2D eigenvalue weighted by atomic mass is 9.43. The molecule has 2 aliphatic heterocycles. The number of aliphatic hydroxyl groups is 1. The molecule has 4 atom stereocenters. The largest absolute Gasteiger partial charge is 0.388 e. The maximum atomic E-state index is 12.3. The molecule has 3 fully saturated rings. The van der Waals surface area contributed by atoms with Crippen molar-refractivity contribution in [2.45, 2.75) is 45.3 Å². The minimum absolute atomic E-state index is 0.0270. The molecule has 5 aliphatic rings. The topological polar surface area (TPSA) is 76.6 Å². The first-order valence-corrected chi connectivity index (χ1v) is 10.8. The van der Waals surface area contributed by atoms with Crippen LogP contribution in [0, 0.1) is 17.3 Å². The minimum Gasteiger partial charge on any atom is -0.388 e. The van der Waals surface area contributed by atoms with Crippen molar-refractivity contribution < 1.29 is 9.90 Å². The zero-order valence-corrected chi connectivity index (χ0v) is 18.0. The predicted octanol–water partition coefficient (Wildman–Crippen LogP) is 1.29. The summed E-state index contributed by atoms with van der Waals surface area (Å²) in [6, 6.07) is 0.0697. The van der Waals surface area contributed by atoms with Crippen LogP contribution in [0.2, 0.25) is 0 Å². The van der Waals surface area contributed by atoms with E-state index in [4.69, 9.17) is 0 Å². The molecule has 5 rings (SSSR count). The number of amides is 1. The molecule has 3 aliphatic carbocycles. The third-order valence-electron chi connectivity index (χ3n) is 7.30. The van der Waals surface area contributed by atoms with Gasteiger partial charge < -0.3 is 21.1 Å². The van der Waals surface area contributed by atoms with Crippen molar-refractivity contribution in [1.82, 2.24) is 20.9 Å². The third kappa shape index (κ3) is 3.48. The molecular weight excluding hydrogens is 408 g/mol. The summed E-state index contributed by atoms with van der Waals surface area (Å²) in [5.41, 5.74) is 1.60. The fourth-order valence-corrected chi connectivity index (χ4v) is 6.07. The molecule has 4 unspecified atom stereocenters. The Morgan fingerprint density at radius 1 is 1.37 bits per heavy atom. The number of hydrogen-bond acceptors (Lipinski definition) is 5. The Hall–Kier alpha value is -0.890. The normalized spacial score (nSPS) is 37.8. The summed E-state index contributed by atoms with van der Waals surface area (Å²) in [5, 5.41) is 21.0. The van der Waals surface area contributed by atoms with Crippen molar-refractivity contribution in [3.8, 4) is 0 Å². The Balaban J connectivity index is 1.32. The van der Waals surface area contributed by atoms with Crippen LogP contribution in [-0.2, 0) is 4.79 Å². The number of hydrogen-bond donors (Lipinski definition) is 4. The molecule has 0 radical (unpaired) electrons. The van der Waals surface area contributed by atoms with Crippen LogP contribution in [-0.4, -0.2) is 60.3 Å². The lowest BCUT2D eigenvalue weighted by molar-refractivity contribution is -0.207. The highest BCUT2D eigenvalue weighted by atomic mass is 79.9. The van der Waals surface area contributed by atoms with Crippen LogP contribution < -0.4 is 16.0 Å². The standard InChI is InChI=1S/C20H31BrN4O2/c1-19(2)12-6-16(19)20(3,27)17(7-12)24-15-10-25(9-14(15)21)11-18(26)23-13-4-5-22-8-13/h4,12,16-17,22,24,27H,5-11H2,1-3H3,(H,23,26). The number of carbonyl (C=O) groups excluding carboxylic acids is 1. The summed E-state index contributed by atoms with van der Waals surface area (Å²) < 4.78 is 1.09. The van der Waals surface area contributed by atoms with Gasteiger partial charge in [0.05, 0.1) is 18.2 Å². The third-order valence-corrected chi connectivity index (χ3v) is 8.03. The summed E-state index contributed by atoms with van der Waals surface area (Å²) in [6.45, 7) is 9.92. The van der Waals surface area contributed by atoms with Crippen LogP contribution in [0.1, 0.15) is 33.6 Å². The van der Waals surface area contributed by atoms with Gasteiger partial charge in [-0.15, -0.1) is 0 Å². The lowest BCUT2D eigenvalue weighted by Gasteiger charge is -2.65. The molecule has 0 saturated heterocycles. The molecule has 150 valence electrons. The van der Waals surface area contributed by atoms with E-state index in [1.165, 1.54) is 0 Å². The van der Waals surface area contributed by atoms with Gasteiger partial charge in [-0.3, -0.25) is 9.69 Å². The first-order chi connectivity index (χ1) is 12.7. The van der Waals surface area contributed by atoms with Crippen LogP contribution >= 0.6 is 15.9 Å². The second-order valence-corrected chi connectivity index (χ2v) is 10.4. The Labute approximate surface area is 170 Å². The average Bonchev–Trinajstić information content (AvgIpc) is 3.18. The monoisotopic (exact) mass is 438 g/mol. The second kappa shape index (κ2) is 6.87. The molecule has 4 N–H and O–H groups in total. The molecule has 2 heterocycles. The highest BCUT2D eigenvalue weighted by Gasteiger charge is 2.62. The fraction of sp³-hybridized carbons (Fsp3) is 0.750. The molecular formula is C20H31BrN4O2. The highest BCUT2D eigenvalue weighted by Crippen LogP contribution is 2.62. The Bertz CT molecular complexity index is 700. The lowest BCUT2D eigenvalue weighted by Crippen LogP contribution is -2.69. The molecule has 0 aromatic heterocycles. The van der Waals surface area contributed by atoms with E-state index in [-0.39, 0.29) is 17.4 Å². The summed E-state index contributed by atoms with van der Waals surface area (Å²) in [7, 11) is 0. The van der Waals surface area contributed by atoms with Crippen molar-refractivity contribution in [3.63, 3.8) is 0 Å². The molecule has 6 nitrogen and oxygen atoms in total. The smallest absolute Gasteiger partial charge is 0.238 e. The molecule has 27 heavy (non-hydrogen) atoms. The SMILES string of the molecule is CC1(C)C2CC(NC3=C(Br)CN(CC(=O)NC4=CCNC4)C3)C(C)(O)C1C2. The van der Waals surface area contributed by atoms with Crippen LogP contribution in [0.25, 0.3) is 0 Å². The van der Waals surface area contributed by atoms with Crippen LogP contribution in [0.4, 0.5) is 0 Å². The highest BCUT2D eigenvalue weighted by molar-refractivity contribution is 9.11. The van der Waals surface area contributed by atoms with Crippen LogP contribution in [0.3, 0.4) is 0 Å². The van der Waals surface area contributed by atoms with E-state index < -0.39 is 5.60 Å². The van der Waals surface area contributed by atoms with Gasteiger partial charge in [0.1, 0.15) is 0 Å². The molecule has 7 heteroatoms. The van der Waals surface area contributed by atoms with E-state index in [0.717, 1.165) is 48.4 Å². The first-order valence-electron chi connectivity index (χ1n) is 9.96. The van der Waals surface area contributed by atoms with Gasteiger partial charge in [-0.25, -0.2) is 0 Å². The number of rotatable bonds is 5. The number of nitrogens with zero attached hydrogens (tertiary/aromatic N) is 1.